The average Bonchev–Trinajstić information content (AvgIpc) is 2.95. The fraction of sp³-hybridized carbons (Fsp3) is 0.333. The van der Waals surface area contributed by atoms with E-state index in [1.54, 1.807) is 36.1 Å². The van der Waals surface area contributed by atoms with Crippen molar-refractivity contribution in [1.82, 2.24) is 9.88 Å². The Morgan fingerprint density at radius 1 is 1.38 bits per heavy atom. The van der Waals surface area contributed by atoms with E-state index in [1.807, 2.05) is 0 Å². The van der Waals surface area contributed by atoms with Crippen LogP contribution in [0.5, 0.6) is 5.88 Å². The SMILES string of the molecule is COc1cc(C(=O)N2C[C@@H](O)C[C@H]2c2cccc(F)c2)cc(C)n1. The molecule has 2 heterocycles. The Kier molecular flexibility index (Phi) is 4.49. The van der Waals surface area contributed by atoms with Gasteiger partial charge in [0.1, 0.15) is 5.82 Å². The van der Waals surface area contributed by atoms with E-state index in [0.29, 0.717) is 29.1 Å². The van der Waals surface area contributed by atoms with Gasteiger partial charge in [0.2, 0.25) is 5.88 Å². The van der Waals surface area contributed by atoms with Crippen LogP contribution in [0.1, 0.15) is 34.1 Å². The number of rotatable bonds is 3. The van der Waals surface area contributed by atoms with E-state index in [1.165, 1.54) is 19.2 Å². The lowest BCUT2D eigenvalue weighted by Gasteiger charge is -2.25. The number of carbonyl (C=O) groups is 1. The van der Waals surface area contributed by atoms with Gasteiger partial charge in [-0.1, -0.05) is 12.1 Å². The molecule has 0 aliphatic carbocycles. The number of halogens is 1. The molecule has 126 valence electrons. The van der Waals surface area contributed by atoms with Gasteiger partial charge in [-0.05, 0) is 37.1 Å². The molecule has 0 radical (unpaired) electrons. The molecule has 1 aromatic carbocycles. The molecule has 2 atom stereocenters. The average molecular weight is 330 g/mol. The van der Waals surface area contributed by atoms with E-state index >= 15 is 0 Å². The molecule has 1 aliphatic heterocycles. The summed E-state index contributed by atoms with van der Waals surface area (Å²) in [6.45, 7) is 1.99. The minimum Gasteiger partial charge on any atom is -0.481 e. The zero-order valence-corrected chi connectivity index (χ0v) is 13.6. The number of methoxy groups -OCH3 is 1. The molecule has 2 aromatic rings. The third-order valence-corrected chi connectivity index (χ3v) is 4.16. The number of aliphatic hydroxyl groups is 1. The van der Waals surface area contributed by atoms with Crippen LogP contribution in [-0.2, 0) is 0 Å². The lowest BCUT2D eigenvalue weighted by molar-refractivity contribution is 0.0715. The van der Waals surface area contributed by atoms with Crippen molar-refractivity contribution in [2.24, 2.45) is 0 Å². The summed E-state index contributed by atoms with van der Waals surface area (Å²) in [6.07, 6.45) is -0.247. The van der Waals surface area contributed by atoms with Crippen LogP contribution in [0.4, 0.5) is 4.39 Å². The van der Waals surface area contributed by atoms with E-state index < -0.39 is 6.10 Å². The summed E-state index contributed by atoms with van der Waals surface area (Å²) in [4.78, 5) is 18.7. The van der Waals surface area contributed by atoms with Crippen LogP contribution in [0.25, 0.3) is 0 Å². The summed E-state index contributed by atoms with van der Waals surface area (Å²) >= 11 is 0. The number of nitrogens with zero attached hydrogens (tertiary/aromatic N) is 2. The molecule has 3 rings (SSSR count). The molecule has 1 aromatic heterocycles. The normalized spacial score (nSPS) is 20.2. The van der Waals surface area contributed by atoms with Crippen LogP contribution in [0.2, 0.25) is 0 Å². The number of ether oxygens (including phenoxy) is 1. The molecule has 5 nitrogen and oxygen atoms in total. The van der Waals surface area contributed by atoms with Crippen molar-refractivity contribution in [3.8, 4) is 5.88 Å². The molecule has 24 heavy (non-hydrogen) atoms. The predicted octanol–water partition coefficient (Wildman–Crippen LogP) is 2.49. The standard InChI is InChI=1S/C18H19FN2O3/c1-11-6-13(8-17(20-11)24-2)18(23)21-10-15(22)9-16(21)12-4-3-5-14(19)7-12/h3-8,15-16,22H,9-10H2,1-2H3/t15-,16-/m0/s1. The topological polar surface area (TPSA) is 62.7 Å². The van der Waals surface area contributed by atoms with Crippen molar-refractivity contribution in [3.05, 3.63) is 59.0 Å². The van der Waals surface area contributed by atoms with Crippen LogP contribution in [0, 0.1) is 12.7 Å². The number of aliphatic hydroxyl groups excluding tert-OH is 1. The maximum atomic E-state index is 13.5. The number of amides is 1. The number of aromatic nitrogens is 1. The quantitative estimate of drug-likeness (QED) is 0.939. The molecular formula is C18H19FN2O3. The molecule has 0 saturated carbocycles. The van der Waals surface area contributed by atoms with Gasteiger partial charge in [0.05, 0.1) is 19.3 Å². The van der Waals surface area contributed by atoms with E-state index in [0.717, 1.165) is 0 Å². The van der Waals surface area contributed by atoms with Crippen LogP contribution in [0.15, 0.2) is 36.4 Å². The fourth-order valence-electron chi connectivity index (χ4n) is 3.10. The zero-order valence-electron chi connectivity index (χ0n) is 13.6. The second kappa shape index (κ2) is 6.57. The molecule has 1 N–H and O–H groups in total. The maximum Gasteiger partial charge on any atom is 0.254 e. The van der Waals surface area contributed by atoms with Gasteiger partial charge in [-0.25, -0.2) is 9.37 Å². The van der Waals surface area contributed by atoms with Gasteiger partial charge in [0.15, 0.2) is 0 Å². The lowest BCUT2D eigenvalue weighted by atomic mass is 10.0. The molecular weight excluding hydrogens is 311 g/mol. The minimum absolute atomic E-state index is 0.212. The molecule has 1 saturated heterocycles. The van der Waals surface area contributed by atoms with Crippen molar-refractivity contribution < 1.29 is 19.0 Å². The first kappa shape index (κ1) is 16.4. The predicted molar refractivity (Wildman–Crippen MR) is 86.3 cm³/mol. The van der Waals surface area contributed by atoms with Crippen LogP contribution in [0.3, 0.4) is 0 Å². The smallest absolute Gasteiger partial charge is 0.254 e. The van der Waals surface area contributed by atoms with Gasteiger partial charge in [0, 0.05) is 23.9 Å². The highest BCUT2D eigenvalue weighted by Crippen LogP contribution is 2.34. The number of benzene rings is 1. The molecule has 0 bridgehead atoms. The summed E-state index contributed by atoms with van der Waals surface area (Å²) in [5, 5.41) is 10.0. The number of hydrogen-bond donors (Lipinski definition) is 1. The number of hydrogen-bond acceptors (Lipinski definition) is 4. The number of β-amino-alcohol motifs (C(OH)–C–C–N with tert-alkyl or cyclic N) is 1. The van der Waals surface area contributed by atoms with E-state index in [9.17, 15) is 14.3 Å². The Balaban J connectivity index is 1.94. The summed E-state index contributed by atoms with van der Waals surface area (Å²) in [6, 6.07) is 9.03. The van der Waals surface area contributed by atoms with Gasteiger partial charge in [0.25, 0.3) is 5.91 Å². The molecule has 0 spiro atoms. The van der Waals surface area contributed by atoms with Crippen molar-refractivity contribution in [3.63, 3.8) is 0 Å². The van der Waals surface area contributed by atoms with E-state index in [4.69, 9.17) is 4.74 Å². The van der Waals surface area contributed by atoms with Crippen molar-refractivity contribution in [2.75, 3.05) is 13.7 Å². The number of pyridine rings is 1. The number of aryl methyl sites for hydroxylation is 1. The number of carbonyl (C=O) groups excluding carboxylic acids is 1. The number of likely N-dealkylation sites (tertiary alicyclic amines) is 1. The summed E-state index contributed by atoms with van der Waals surface area (Å²) in [5.41, 5.74) is 1.78. The Morgan fingerprint density at radius 2 is 2.17 bits per heavy atom. The van der Waals surface area contributed by atoms with Gasteiger partial charge in [-0.15, -0.1) is 0 Å². The Hall–Kier alpha value is -2.47. The van der Waals surface area contributed by atoms with Gasteiger partial charge in [-0.3, -0.25) is 4.79 Å². The van der Waals surface area contributed by atoms with E-state index in [2.05, 4.69) is 4.98 Å². The van der Waals surface area contributed by atoms with Crippen LogP contribution < -0.4 is 4.74 Å². The van der Waals surface area contributed by atoms with Crippen molar-refractivity contribution >= 4 is 5.91 Å². The molecule has 1 aliphatic rings. The summed E-state index contributed by atoms with van der Waals surface area (Å²) < 4.78 is 18.6. The van der Waals surface area contributed by atoms with Gasteiger partial charge in [-0.2, -0.15) is 0 Å². The van der Waals surface area contributed by atoms with Crippen LogP contribution >= 0.6 is 0 Å². The van der Waals surface area contributed by atoms with Gasteiger partial charge >= 0.3 is 0 Å². The highest BCUT2D eigenvalue weighted by atomic mass is 19.1. The molecule has 0 unspecified atom stereocenters. The Labute approximate surface area is 139 Å². The minimum atomic E-state index is -0.632. The van der Waals surface area contributed by atoms with Crippen LogP contribution in [-0.4, -0.2) is 40.7 Å². The molecule has 6 heteroatoms. The van der Waals surface area contributed by atoms with Crippen molar-refractivity contribution in [2.45, 2.75) is 25.5 Å². The second-order valence-corrected chi connectivity index (χ2v) is 5.96. The Morgan fingerprint density at radius 3 is 2.88 bits per heavy atom. The third kappa shape index (κ3) is 3.23. The highest BCUT2D eigenvalue weighted by molar-refractivity contribution is 5.95. The Bertz CT molecular complexity index is 766. The highest BCUT2D eigenvalue weighted by Gasteiger charge is 2.36. The zero-order chi connectivity index (χ0) is 17.3. The van der Waals surface area contributed by atoms with E-state index in [-0.39, 0.29) is 24.3 Å². The van der Waals surface area contributed by atoms with Crippen molar-refractivity contribution in [1.29, 1.82) is 0 Å². The van der Waals surface area contributed by atoms with Gasteiger partial charge < -0.3 is 14.7 Å². The first-order valence-corrected chi connectivity index (χ1v) is 7.75. The second-order valence-electron chi connectivity index (χ2n) is 5.96. The lowest BCUT2D eigenvalue weighted by Crippen LogP contribution is -2.32. The molecule has 1 fully saturated rings. The summed E-state index contributed by atoms with van der Waals surface area (Å²) in [7, 11) is 1.49. The first-order chi connectivity index (χ1) is 11.5. The monoisotopic (exact) mass is 330 g/mol. The fourth-order valence-corrected chi connectivity index (χ4v) is 3.10. The first-order valence-electron chi connectivity index (χ1n) is 7.75. The summed E-state index contributed by atoms with van der Waals surface area (Å²) in [5.74, 6) is -0.229. The third-order valence-electron chi connectivity index (χ3n) is 4.16. The largest absolute Gasteiger partial charge is 0.481 e. The molecule has 1 amide bonds. The maximum absolute atomic E-state index is 13.5.